The molecule has 14 heteroatoms. The Bertz CT molecular complexity index is 1670. The summed E-state index contributed by atoms with van der Waals surface area (Å²) in [7, 11) is -4.96. The zero-order chi connectivity index (χ0) is 38.5. The maximum Gasteiger partial charge on any atom is 0.471 e. The van der Waals surface area contributed by atoms with Crippen LogP contribution in [-0.2, 0) is 36.3 Å². The summed E-state index contributed by atoms with van der Waals surface area (Å²) in [6, 6.07) is 22.2. The van der Waals surface area contributed by atoms with Crippen LogP contribution in [0.3, 0.4) is 0 Å². The second kappa shape index (κ2) is 19.7. The first-order valence-electron chi connectivity index (χ1n) is 18.0. The summed E-state index contributed by atoms with van der Waals surface area (Å²) < 4.78 is 29.0. The van der Waals surface area contributed by atoms with E-state index >= 15 is 0 Å². The van der Waals surface area contributed by atoms with E-state index in [1.807, 2.05) is 107 Å². The Morgan fingerprint density at radius 3 is 2.06 bits per heavy atom. The zero-order valence-electron chi connectivity index (χ0n) is 31.1. The fourth-order valence-corrected chi connectivity index (χ4v) is 7.15. The first kappa shape index (κ1) is 41.5. The lowest BCUT2D eigenvalue weighted by molar-refractivity contribution is -0.140. The van der Waals surface area contributed by atoms with E-state index in [-0.39, 0.29) is 37.3 Å². The monoisotopic (exact) mass is 752 g/mol. The molecule has 1 aliphatic rings. The molecule has 1 heterocycles. The fourth-order valence-electron chi connectivity index (χ4n) is 6.71. The summed E-state index contributed by atoms with van der Waals surface area (Å²) in [4.78, 5) is 61.4. The van der Waals surface area contributed by atoms with Gasteiger partial charge in [0.2, 0.25) is 5.91 Å². The predicted molar refractivity (Wildman–Crippen MR) is 201 cm³/mol. The van der Waals surface area contributed by atoms with Gasteiger partial charge in [0.05, 0.1) is 12.1 Å². The number of hydrogen-bond donors (Lipinski definition) is 5. The standard InChI is InChI=1S/C39H53N4O9P/c1-26(2)36(43-21-13-20-40-39(43)46)38(45)41-32(22-30-16-8-6-9-17-30)24-34(51-29(5)52-53(47,48)49)33(23-31-18-10-7-11-19-31)42-35(44)25-50-37-27(3)14-12-15-28(37)4/h6-12,14-19,26,29,32-34,36H,13,20-25H2,1-5H3,(H,40,46)(H,41,45)(H,42,44)(H2,47,48,49)/t29?,32-,33-,34?,36-/m0/s1. The number of amides is 4. The Labute approximate surface area is 312 Å². The third-order valence-corrected chi connectivity index (χ3v) is 9.61. The number of nitrogens with zero attached hydrogens (tertiary/aromatic N) is 1. The highest BCUT2D eigenvalue weighted by atomic mass is 31.2. The molecule has 53 heavy (non-hydrogen) atoms. The van der Waals surface area contributed by atoms with Crippen LogP contribution in [0.2, 0.25) is 0 Å². The number of carbonyl (C=O) groups excluding carboxylic acids is 3. The van der Waals surface area contributed by atoms with Gasteiger partial charge in [-0.1, -0.05) is 92.7 Å². The first-order valence-corrected chi connectivity index (χ1v) is 19.5. The van der Waals surface area contributed by atoms with Crippen molar-refractivity contribution in [3.05, 3.63) is 101 Å². The molecule has 0 saturated carbocycles. The van der Waals surface area contributed by atoms with E-state index in [1.54, 1.807) is 4.90 Å². The third-order valence-electron chi connectivity index (χ3n) is 9.04. The number of rotatable bonds is 19. The molecule has 0 spiro atoms. The average Bonchev–Trinajstić information content (AvgIpc) is 3.08. The van der Waals surface area contributed by atoms with E-state index in [2.05, 4.69) is 16.0 Å². The Kier molecular flexibility index (Phi) is 15.4. The van der Waals surface area contributed by atoms with E-state index in [0.29, 0.717) is 31.7 Å². The molecular formula is C39H53N4O9P. The van der Waals surface area contributed by atoms with Crippen molar-refractivity contribution >= 4 is 25.7 Å². The number of hydrogen-bond acceptors (Lipinski definition) is 7. The molecule has 13 nitrogen and oxygen atoms in total. The van der Waals surface area contributed by atoms with Crippen molar-refractivity contribution < 1.29 is 42.7 Å². The molecule has 1 aliphatic heterocycles. The number of carbonyl (C=O) groups is 3. The molecule has 0 radical (unpaired) electrons. The Hall–Kier alpha value is -4.26. The lowest BCUT2D eigenvalue weighted by atomic mass is 9.92. The van der Waals surface area contributed by atoms with Gasteiger partial charge in [0.15, 0.2) is 12.9 Å². The normalized spacial score (nSPS) is 16.2. The highest BCUT2D eigenvalue weighted by Gasteiger charge is 2.37. The molecule has 2 unspecified atom stereocenters. The van der Waals surface area contributed by atoms with E-state index < -0.39 is 44.2 Å². The van der Waals surface area contributed by atoms with Crippen LogP contribution in [0.15, 0.2) is 78.9 Å². The van der Waals surface area contributed by atoms with Crippen LogP contribution in [0.1, 0.15) is 55.9 Å². The van der Waals surface area contributed by atoms with Gasteiger partial charge in [-0.3, -0.25) is 14.1 Å². The second-order valence-corrected chi connectivity index (χ2v) is 15.0. The van der Waals surface area contributed by atoms with Crippen LogP contribution in [0, 0.1) is 19.8 Å². The molecule has 5 atom stereocenters. The third kappa shape index (κ3) is 13.3. The van der Waals surface area contributed by atoms with Crippen molar-refractivity contribution in [2.24, 2.45) is 5.92 Å². The summed E-state index contributed by atoms with van der Waals surface area (Å²) in [5, 5.41) is 9.06. The number of aryl methyl sites for hydroxylation is 2. The molecule has 4 amide bonds. The Morgan fingerprint density at radius 1 is 0.887 bits per heavy atom. The van der Waals surface area contributed by atoms with E-state index in [1.165, 1.54) is 6.92 Å². The molecule has 0 aromatic heterocycles. The summed E-state index contributed by atoms with van der Waals surface area (Å²) in [6.45, 7) is 9.61. The van der Waals surface area contributed by atoms with Gasteiger partial charge in [-0.2, -0.15) is 0 Å². The zero-order valence-corrected chi connectivity index (χ0v) is 32.0. The van der Waals surface area contributed by atoms with Crippen molar-refractivity contribution in [1.82, 2.24) is 20.9 Å². The maximum absolute atomic E-state index is 14.1. The van der Waals surface area contributed by atoms with Crippen molar-refractivity contribution in [2.75, 3.05) is 19.7 Å². The van der Waals surface area contributed by atoms with E-state index in [0.717, 1.165) is 22.3 Å². The topological polar surface area (TPSA) is 176 Å². The number of phosphoric ester groups is 1. The number of benzene rings is 3. The van der Waals surface area contributed by atoms with Gasteiger partial charge < -0.3 is 40.1 Å². The first-order chi connectivity index (χ1) is 25.2. The molecule has 4 rings (SSSR count). The summed E-state index contributed by atoms with van der Waals surface area (Å²) >= 11 is 0. The molecular weight excluding hydrogens is 699 g/mol. The van der Waals surface area contributed by atoms with Crippen LogP contribution in [0.4, 0.5) is 4.79 Å². The minimum atomic E-state index is -4.96. The van der Waals surface area contributed by atoms with Crippen LogP contribution < -0.4 is 20.7 Å². The molecule has 3 aromatic rings. The Morgan fingerprint density at radius 2 is 1.49 bits per heavy atom. The van der Waals surface area contributed by atoms with Gasteiger partial charge in [-0.05, 0) is 74.6 Å². The van der Waals surface area contributed by atoms with E-state index in [9.17, 15) is 28.7 Å². The lowest BCUT2D eigenvalue weighted by Gasteiger charge is -2.38. The summed E-state index contributed by atoms with van der Waals surface area (Å²) in [5.74, 6) is -0.388. The molecule has 3 aromatic carbocycles. The quantitative estimate of drug-likeness (QED) is 0.0851. The fraction of sp³-hybridized carbons (Fsp3) is 0.462. The molecule has 1 fully saturated rings. The smallest absolute Gasteiger partial charge is 0.471 e. The number of nitrogens with one attached hydrogen (secondary N) is 3. The van der Waals surface area contributed by atoms with Gasteiger partial charge >= 0.3 is 13.9 Å². The van der Waals surface area contributed by atoms with Crippen LogP contribution in [0.25, 0.3) is 0 Å². The van der Waals surface area contributed by atoms with Crippen LogP contribution in [0.5, 0.6) is 5.75 Å². The van der Waals surface area contributed by atoms with Gasteiger partial charge in [0.1, 0.15) is 11.8 Å². The van der Waals surface area contributed by atoms with Gasteiger partial charge in [0.25, 0.3) is 5.91 Å². The number of phosphoric acid groups is 1. The van der Waals surface area contributed by atoms with Crippen molar-refractivity contribution in [3.8, 4) is 5.75 Å². The number of urea groups is 1. The molecule has 5 N–H and O–H groups in total. The number of para-hydroxylation sites is 1. The van der Waals surface area contributed by atoms with Gasteiger partial charge in [-0.25, -0.2) is 9.36 Å². The SMILES string of the molecule is Cc1cccc(C)c1OCC(=O)N[C@@H](Cc1ccccc1)C(C[C@H](Cc1ccccc1)NC(=O)[C@H](C(C)C)N1CCCNC1=O)OC(C)OP(=O)(O)O. The van der Waals surface area contributed by atoms with Gasteiger partial charge in [-0.15, -0.1) is 0 Å². The second-order valence-electron chi connectivity index (χ2n) is 13.8. The van der Waals surface area contributed by atoms with Crippen molar-refractivity contribution in [2.45, 2.75) is 90.8 Å². The van der Waals surface area contributed by atoms with Crippen LogP contribution >= 0.6 is 7.82 Å². The highest BCUT2D eigenvalue weighted by molar-refractivity contribution is 7.46. The average molecular weight is 753 g/mol. The largest absolute Gasteiger partial charge is 0.483 e. The minimum Gasteiger partial charge on any atom is -0.483 e. The minimum absolute atomic E-state index is 0.0992. The molecule has 1 saturated heterocycles. The highest BCUT2D eigenvalue weighted by Crippen LogP contribution is 2.38. The van der Waals surface area contributed by atoms with Crippen molar-refractivity contribution in [3.63, 3.8) is 0 Å². The molecule has 0 aliphatic carbocycles. The van der Waals surface area contributed by atoms with Crippen molar-refractivity contribution in [1.29, 1.82) is 0 Å². The van der Waals surface area contributed by atoms with Gasteiger partial charge in [0, 0.05) is 19.1 Å². The van der Waals surface area contributed by atoms with E-state index in [4.69, 9.17) is 14.0 Å². The molecule has 288 valence electrons. The Balaban J connectivity index is 1.68. The maximum atomic E-state index is 14.1. The lowest BCUT2D eigenvalue weighted by Crippen LogP contribution is -2.59. The summed E-state index contributed by atoms with van der Waals surface area (Å²) in [5.41, 5.74) is 3.54. The summed E-state index contributed by atoms with van der Waals surface area (Å²) in [6.07, 6.45) is -0.892. The predicted octanol–water partition coefficient (Wildman–Crippen LogP) is 4.81. The molecule has 0 bridgehead atoms. The van der Waals surface area contributed by atoms with Crippen LogP contribution in [-0.4, -0.2) is 82.7 Å². The number of ether oxygens (including phenoxy) is 2.